The number of hydrogen-bond acceptors (Lipinski definition) is 5. The molecule has 17 heavy (non-hydrogen) atoms. The van der Waals surface area contributed by atoms with Crippen LogP contribution < -0.4 is 0 Å². The molecule has 1 unspecified atom stereocenters. The monoisotopic (exact) mass is 299 g/mol. The normalized spacial score (nSPS) is 12.9. The van der Waals surface area contributed by atoms with Gasteiger partial charge >= 0.3 is 0 Å². The average Bonchev–Trinajstić information content (AvgIpc) is 2.97. The zero-order chi connectivity index (χ0) is 12.3. The molecular weight excluding hydrogens is 286 g/mol. The first-order valence-corrected chi connectivity index (χ1v) is 6.49. The first-order valence-electron chi connectivity index (χ1n) is 5.58. The Labute approximate surface area is 108 Å². The second-order valence-electron chi connectivity index (χ2n) is 3.66. The molecule has 0 saturated heterocycles. The molecule has 2 rings (SSSR count). The summed E-state index contributed by atoms with van der Waals surface area (Å²) in [6.07, 6.45) is 3.60. The molecule has 0 N–H and O–H groups in total. The molecule has 0 aliphatic heterocycles. The SMILES string of the molecule is CCc1nnc(Cn2cc(C(Br)CC)nn2)o1. The molecule has 92 valence electrons. The highest BCUT2D eigenvalue weighted by Crippen LogP contribution is 2.23. The van der Waals surface area contributed by atoms with Crippen LogP contribution in [0.1, 0.15) is 42.6 Å². The Balaban J connectivity index is 2.06. The summed E-state index contributed by atoms with van der Waals surface area (Å²) >= 11 is 3.53. The van der Waals surface area contributed by atoms with Crippen LogP contribution in [-0.2, 0) is 13.0 Å². The van der Waals surface area contributed by atoms with Crippen molar-refractivity contribution >= 4 is 15.9 Å². The number of aromatic nitrogens is 5. The number of halogens is 1. The summed E-state index contributed by atoms with van der Waals surface area (Å²) in [5, 5.41) is 16.0. The van der Waals surface area contributed by atoms with Crippen LogP contribution in [0.4, 0.5) is 0 Å². The second-order valence-corrected chi connectivity index (χ2v) is 4.77. The van der Waals surface area contributed by atoms with Crippen molar-refractivity contribution in [2.75, 3.05) is 0 Å². The molecule has 0 aliphatic rings. The van der Waals surface area contributed by atoms with Crippen LogP contribution >= 0.6 is 15.9 Å². The van der Waals surface area contributed by atoms with E-state index in [0.717, 1.165) is 18.5 Å². The Morgan fingerprint density at radius 1 is 1.29 bits per heavy atom. The summed E-state index contributed by atoms with van der Waals surface area (Å²) in [5.41, 5.74) is 0.919. The highest BCUT2D eigenvalue weighted by atomic mass is 79.9. The maximum atomic E-state index is 5.41. The highest BCUT2D eigenvalue weighted by Gasteiger charge is 2.11. The lowest BCUT2D eigenvalue weighted by Crippen LogP contribution is -2.00. The zero-order valence-corrected chi connectivity index (χ0v) is 11.4. The molecule has 0 aromatic carbocycles. The Morgan fingerprint density at radius 2 is 2.06 bits per heavy atom. The van der Waals surface area contributed by atoms with Gasteiger partial charge in [0, 0.05) is 6.42 Å². The van der Waals surface area contributed by atoms with Crippen molar-refractivity contribution in [3.63, 3.8) is 0 Å². The van der Waals surface area contributed by atoms with Gasteiger partial charge in [-0.1, -0.05) is 35.0 Å². The molecule has 0 amide bonds. The van der Waals surface area contributed by atoms with Crippen LogP contribution in [0.5, 0.6) is 0 Å². The van der Waals surface area contributed by atoms with Crippen LogP contribution in [0.2, 0.25) is 0 Å². The van der Waals surface area contributed by atoms with Crippen molar-refractivity contribution in [2.45, 2.75) is 38.1 Å². The van der Waals surface area contributed by atoms with E-state index >= 15 is 0 Å². The fourth-order valence-corrected chi connectivity index (χ4v) is 1.59. The molecule has 0 aliphatic carbocycles. The smallest absolute Gasteiger partial charge is 0.237 e. The molecule has 2 aromatic rings. The molecule has 0 spiro atoms. The van der Waals surface area contributed by atoms with Crippen LogP contribution in [0.15, 0.2) is 10.6 Å². The highest BCUT2D eigenvalue weighted by molar-refractivity contribution is 9.09. The van der Waals surface area contributed by atoms with E-state index in [0.29, 0.717) is 18.3 Å². The molecule has 0 fully saturated rings. The Bertz CT molecular complexity index is 481. The number of nitrogens with zero attached hydrogens (tertiary/aromatic N) is 5. The molecule has 1 atom stereocenters. The molecule has 0 radical (unpaired) electrons. The first-order chi connectivity index (χ1) is 8.22. The van der Waals surface area contributed by atoms with E-state index in [9.17, 15) is 0 Å². The van der Waals surface area contributed by atoms with Crippen molar-refractivity contribution in [1.29, 1.82) is 0 Å². The standard InChI is InChI=1S/C10H14BrN5O/c1-3-7(11)8-5-16(15-12-8)6-10-14-13-9(4-2)17-10/h5,7H,3-4,6H2,1-2H3. The molecule has 6 nitrogen and oxygen atoms in total. The number of aryl methyl sites for hydroxylation is 1. The average molecular weight is 300 g/mol. The third kappa shape index (κ3) is 2.91. The summed E-state index contributed by atoms with van der Waals surface area (Å²) in [6.45, 7) is 4.52. The molecule has 7 heteroatoms. The van der Waals surface area contributed by atoms with Crippen LogP contribution in [0.25, 0.3) is 0 Å². The Morgan fingerprint density at radius 3 is 2.71 bits per heavy atom. The molecule has 2 aromatic heterocycles. The summed E-state index contributed by atoms with van der Waals surface area (Å²) in [7, 11) is 0. The molecule has 0 bridgehead atoms. The van der Waals surface area contributed by atoms with E-state index in [1.165, 1.54) is 0 Å². The van der Waals surface area contributed by atoms with Gasteiger partial charge in [0.25, 0.3) is 0 Å². The van der Waals surface area contributed by atoms with Crippen molar-refractivity contribution < 1.29 is 4.42 Å². The van der Waals surface area contributed by atoms with Crippen molar-refractivity contribution in [3.05, 3.63) is 23.7 Å². The number of hydrogen-bond donors (Lipinski definition) is 0. The Hall–Kier alpha value is -1.24. The maximum absolute atomic E-state index is 5.41. The zero-order valence-electron chi connectivity index (χ0n) is 9.80. The molecule has 0 saturated carbocycles. The van der Waals surface area contributed by atoms with Gasteiger partial charge in [0.15, 0.2) is 0 Å². The number of rotatable bonds is 5. The van der Waals surface area contributed by atoms with Gasteiger partial charge in [0.1, 0.15) is 6.54 Å². The first kappa shape index (κ1) is 12.2. The maximum Gasteiger partial charge on any atom is 0.237 e. The summed E-state index contributed by atoms with van der Waals surface area (Å²) in [5.74, 6) is 1.20. The van der Waals surface area contributed by atoms with Crippen LogP contribution in [-0.4, -0.2) is 25.2 Å². The lowest BCUT2D eigenvalue weighted by Gasteiger charge is -1.98. The van der Waals surface area contributed by atoms with Crippen LogP contribution in [0.3, 0.4) is 0 Å². The minimum atomic E-state index is 0.241. The van der Waals surface area contributed by atoms with Crippen molar-refractivity contribution in [1.82, 2.24) is 25.2 Å². The summed E-state index contributed by atoms with van der Waals surface area (Å²) < 4.78 is 7.11. The van der Waals surface area contributed by atoms with Gasteiger partial charge in [-0.05, 0) is 6.42 Å². The third-order valence-corrected chi connectivity index (χ3v) is 3.46. The van der Waals surface area contributed by atoms with E-state index in [2.05, 4.69) is 43.4 Å². The fraction of sp³-hybridized carbons (Fsp3) is 0.600. The number of alkyl halides is 1. The van der Waals surface area contributed by atoms with Gasteiger partial charge in [0.05, 0.1) is 16.7 Å². The minimum absolute atomic E-state index is 0.241. The third-order valence-electron chi connectivity index (χ3n) is 2.34. The lowest BCUT2D eigenvalue weighted by molar-refractivity contribution is 0.430. The van der Waals surface area contributed by atoms with E-state index in [1.54, 1.807) is 4.68 Å². The Kier molecular flexibility index (Phi) is 3.88. The topological polar surface area (TPSA) is 69.6 Å². The lowest BCUT2D eigenvalue weighted by atomic mass is 10.3. The quantitative estimate of drug-likeness (QED) is 0.791. The predicted molar refractivity (Wildman–Crippen MR) is 64.8 cm³/mol. The van der Waals surface area contributed by atoms with Gasteiger partial charge in [-0.2, -0.15) is 0 Å². The van der Waals surface area contributed by atoms with E-state index in [1.807, 2.05) is 13.1 Å². The fourth-order valence-electron chi connectivity index (χ4n) is 1.38. The van der Waals surface area contributed by atoms with Gasteiger partial charge in [-0.3, -0.25) is 0 Å². The van der Waals surface area contributed by atoms with Gasteiger partial charge < -0.3 is 4.42 Å². The predicted octanol–water partition coefficient (Wildman–Crippen LogP) is 2.12. The summed E-state index contributed by atoms with van der Waals surface area (Å²) in [6, 6.07) is 0. The van der Waals surface area contributed by atoms with Gasteiger partial charge in [0.2, 0.25) is 11.8 Å². The van der Waals surface area contributed by atoms with E-state index in [-0.39, 0.29) is 4.83 Å². The summed E-state index contributed by atoms with van der Waals surface area (Å²) in [4.78, 5) is 0.241. The second kappa shape index (κ2) is 5.39. The van der Waals surface area contributed by atoms with E-state index in [4.69, 9.17) is 4.42 Å². The van der Waals surface area contributed by atoms with E-state index < -0.39 is 0 Å². The molecular formula is C10H14BrN5O. The largest absolute Gasteiger partial charge is 0.423 e. The molecule has 2 heterocycles. The van der Waals surface area contributed by atoms with Gasteiger partial charge in [-0.25, -0.2) is 4.68 Å². The minimum Gasteiger partial charge on any atom is -0.423 e. The van der Waals surface area contributed by atoms with Crippen molar-refractivity contribution in [3.8, 4) is 0 Å². The van der Waals surface area contributed by atoms with Crippen LogP contribution in [0, 0.1) is 0 Å². The van der Waals surface area contributed by atoms with Crippen molar-refractivity contribution in [2.24, 2.45) is 0 Å². The van der Waals surface area contributed by atoms with Gasteiger partial charge in [-0.15, -0.1) is 15.3 Å².